The van der Waals surface area contributed by atoms with Gasteiger partial charge in [-0.05, 0) is 57.8 Å². The molecule has 0 saturated heterocycles. The lowest BCUT2D eigenvalue weighted by molar-refractivity contribution is -0.167. The lowest BCUT2D eigenvalue weighted by atomic mass is 10.0. The minimum Gasteiger partial charge on any atom is -0.462 e. The summed E-state index contributed by atoms with van der Waals surface area (Å²) in [6.45, 7) is 6.57. The Hall–Kier alpha value is -2.63. The molecular formula is C56H100O6. The Labute approximate surface area is 384 Å². The average Bonchev–Trinajstić information content (AvgIpc) is 3.27. The molecule has 0 aromatic rings. The predicted molar refractivity (Wildman–Crippen MR) is 265 cm³/mol. The molecule has 0 fully saturated rings. The molecule has 0 unspecified atom stereocenters. The van der Waals surface area contributed by atoms with E-state index in [1.807, 2.05) is 0 Å². The summed E-state index contributed by atoms with van der Waals surface area (Å²) in [6, 6.07) is 0. The SMILES string of the molecule is CCCCC/C=C\C/C=C\C/C=C\C/C=C\CCCC(=O)OC[C@H](COC(=O)CCCCCCCCCCCC)OC(=O)CCCCCCCCCCCCCCCCCCC. The normalized spacial score (nSPS) is 12.4. The zero-order valence-electron chi connectivity index (χ0n) is 41.1. The Morgan fingerprint density at radius 1 is 0.323 bits per heavy atom. The molecule has 0 spiro atoms. The number of hydrogen-bond acceptors (Lipinski definition) is 6. The molecule has 0 amide bonds. The van der Waals surface area contributed by atoms with Crippen LogP contribution in [0.2, 0.25) is 0 Å². The molecule has 1 atom stereocenters. The van der Waals surface area contributed by atoms with Crippen molar-refractivity contribution < 1.29 is 28.6 Å². The molecule has 0 bridgehead atoms. The van der Waals surface area contributed by atoms with Crippen LogP contribution in [0.15, 0.2) is 48.6 Å². The lowest BCUT2D eigenvalue weighted by Crippen LogP contribution is -2.30. The second-order valence-electron chi connectivity index (χ2n) is 17.8. The van der Waals surface area contributed by atoms with Crippen molar-refractivity contribution in [2.75, 3.05) is 13.2 Å². The van der Waals surface area contributed by atoms with Crippen molar-refractivity contribution in [3.63, 3.8) is 0 Å². The van der Waals surface area contributed by atoms with Crippen LogP contribution in [0.5, 0.6) is 0 Å². The first-order valence-electron chi connectivity index (χ1n) is 26.6. The van der Waals surface area contributed by atoms with Gasteiger partial charge in [-0.3, -0.25) is 14.4 Å². The van der Waals surface area contributed by atoms with Crippen LogP contribution >= 0.6 is 0 Å². The molecular weight excluding hydrogens is 769 g/mol. The highest BCUT2D eigenvalue weighted by Gasteiger charge is 2.19. The van der Waals surface area contributed by atoms with Gasteiger partial charge in [-0.2, -0.15) is 0 Å². The highest BCUT2D eigenvalue weighted by molar-refractivity contribution is 5.71. The molecule has 6 nitrogen and oxygen atoms in total. The number of carbonyl (C=O) groups is 3. The minimum atomic E-state index is -0.789. The first-order chi connectivity index (χ1) is 30.5. The second kappa shape index (κ2) is 51.0. The van der Waals surface area contributed by atoms with E-state index in [0.29, 0.717) is 19.3 Å². The fourth-order valence-electron chi connectivity index (χ4n) is 7.55. The number of carbonyl (C=O) groups excluding carboxylic acids is 3. The molecule has 62 heavy (non-hydrogen) atoms. The number of allylic oxidation sites excluding steroid dienone is 8. The first kappa shape index (κ1) is 59.4. The maximum absolute atomic E-state index is 12.8. The van der Waals surface area contributed by atoms with Crippen LogP contribution in [0.25, 0.3) is 0 Å². The van der Waals surface area contributed by atoms with Gasteiger partial charge in [-0.25, -0.2) is 0 Å². The van der Waals surface area contributed by atoms with E-state index in [-0.39, 0.29) is 37.5 Å². The van der Waals surface area contributed by atoms with Crippen molar-refractivity contribution in [3.8, 4) is 0 Å². The molecule has 0 rings (SSSR count). The van der Waals surface area contributed by atoms with Crippen molar-refractivity contribution in [1.29, 1.82) is 0 Å². The van der Waals surface area contributed by atoms with Gasteiger partial charge in [0.2, 0.25) is 0 Å². The molecule has 0 aliphatic rings. The number of rotatable bonds is 48. The zero-order chi connectivity index (χ0) is 45.1. The standard InChI is InChI=1S/C56H100O6/c1-4-7-10-13-16-19-22-24-26-28-30-32-34-37-40-43-46-49-55(58)61-52-53(51-60-54(57)48-45-42-39-36-21-18-15-12-9-6-3)62-56(59)50-47-44-41-38-35-33-31-29-27-25-23-20-17-14-11-8-5-2/h16,19,24,26,30,32,37,40,53H,4-15,17-18,20-23,25,27-29,31,33-36,38-39,41-52H2,1-3H3/b19-16-,26-24-,32-30-,40-37-/t53-/m0/s1. The van der Waals surface area contributed by atoms with E-state index in [4.69, 9.17) is 14.2 Å². The van der Waals surface area contributed by atoms with Gasteiger partial charge in [0.15, 0.2) is 6.10 Å². The monoisotopic (exact) mass is 869 g/mol. The van der Waals surface area contributed by atoms with Crippen LogP contribution < -0.4 is 0 Å². The maximum Gasteiger partial charge on any atom is 0.306 e. The molecule has 0 aromatic carbocycles. The molecule has 0 aromatic heterocycles. The molecule has 0 aliphatic carbocycles. The van der Waals surface area contributed by atoms with Gasteiger partial charge in [0, 0.05) is 19.3 Å². The third kappa shape index (κ3) is 48.4. The van der Waals surface area contributed by atoms with Crippen LogP contribution in [-0.4, -0.2) is 37.2 Å². The van der Waals surface area contributed by atoms with Crippen LogP contribution in [0, 0.1) is 0 Å². The van der Waals surface area contributed by atoms with Crippen LogP contribution in [-0.2, 0) is 28.6 Å². The van der Waals surface area contributed by atoms with Crippen molar-refractivity contribution in [2.24, 2.45) is 0 Å². The molecule has 0 heterocycles. The molecule has 360 valence electrons. The summed E-state index contributed by atoms with van der Waals surface area (Å²) in [6.07, 6.45) is 61.0. The Morgan fingerprint density at radius 3 is 0.968 bits per heavy atom. The molecule has 0 saturated carbocycles. The average molecular weight is 869 g/mol. The lowest BCUT2D eigenvalue weighted by Gasteiger charge is -2.18. The van der Waals surface area contributed by atoms with E-state index in [1.54, 1.807) is 0 Å². The first-order valence-corrected chi connectivity index (χ1v) is 26.6. The molecule has 0 aliphatic heterocycles. The van der Waals surface area contributed by atoms with Crippen LogP contribution in [0.1, 0.15) is 271 Å². The van der Waals surface area contributed by atoms with Gasteiger partial charge in [-0.15, -0.1) is 0 Å². The van der Waals surface area contributed by atoms with Crippen LogP contribution in [0.3, 0.4) is 0 Å². The van der Waals surface area contributed by atoms with E-state index in [2.05, 4.69) is 69.4 Å². The second-order valence-corrected chi connectivity index (χ2v) is 17.8. The summed E-state index contributed by atoms with van der Waals surface area (Å²) in [5.74, 6) is -0.936. The Morgan fingerprint density at radius 2 is 0.597 bits per heavy atom. The fourth-order valence-corrected chi connectivity index (χ4v) is 7.55. The maximum atomic E-state index is 12.8. The van der Waals surface area contributed by atoms with Gasteiger partial charge < -0.3 is 14.2 Å². The number of hydrogen-bond donors (Lipinski definition) is 0. The molecule has 0 N–H and O–H groups in total. The number of esters is 3. The highest BCUT2D eigenvalue weighted by atomic mass is 16.6. The van der Waals surface area contributed by atoms with Crippen molar-refractivity contribution in [3.05, 3.63) is 48.6 Å². The topological polar surface area (TPSA) is 78.9 Å². The number of ether oxygens (including phenoxy) is 3. The minimum absolute atomic E-state index is 0.0864. The fraction of sp³-hybridized carbons (Fsp3) is 0.804. The van der Waals surface area contributed by atoms with E-state index >= 15 is 0 Å². The van der Waals surface area contributed by atoms with Gasteiger partial charge in [0.25, 0.3) is 0 Å². The highest BCUT2D eigenvalue weighted by Crippen LogP contribution is 2.16. The third-order valence-corrected chi connectivity index (χ3v) is 11.6. The number of unbranched alkanes of at least 4 members (excludes halogenated alkanes) is 29. The Kier molecular flexibility index (Phi) is 48.8. The van der Waals surface area contributed by atoms with E-state index in [1.165, 1.54) is 161 Å². The van der Waals surface area contributed by atoms with E-state index in [9.17, 15) is 14.4 Å². The summed E-state index contributed by atoms with van der Waals surface area (Å²) in [5, 5.41) is 0. The predicted octanol–water partition coefficient (Wildman–Crippen LogP) is 17.5. The van der Waals surface area contributed by atoms with Gasteiger partial charge in [0.05, 0.1) is 0 Å². The largest absolute Gasteiger partial charge is 0.462 e. The Balaban J connectivity index is 4.39. The Bertz CT molecular complexity index is 1090. The van der Waals surface area contributed by atoms with E-state index in [0.717, 1.165) is 64.2 Å². The molecule has 0 radical (unpaired) electrons. The van der Waals surface area contributed by atoms with Crippen molar-refractivity contribution >= 4 is 17.9 Å². The summed E-state index contributed by atoms with van der Waals surface area (Å²) in [5.41, 5.74) is 0. The zero-order valence-corrected chi connectivity index (χ0v) is 41.1. The van der Waals surface area contributed by atoms with Crippen LogP contribution in [0.4, 0.5) is 0 Å². The van der Waals surface area contributed by atoms with Crippen molar-refractivity contribution in [1.82, 2.24) is 0 Å². The van der Waals surface area contributed by atoms with Gasteiger partial charge in [0.1, 0.15) is 13.2 Å². The summed E-state index contributed by atoms with van der Waals surface area (Å²) in [7, 11) is 0. The van der Waals surface area contributed by atoms with Gasteiger partial charge >= 0.3 is 17.9 Å². The van der Waals surface area contributed by atoms with Gasteiger partial charge in [-0.1, -0.05) is 243 Å². The summed E-state index contributed by atoms with van der Waals surface area (Å²) < 4.78 is 16.8. The molecule has 6 heteroatoms. The van der Waals surface area contributed by atoms with Crippen molar-refractivity contribution in [2.45, 2.75) is 277 Å². The quantitative estimate of drug-likeness (QED) is 0.0262. The smallest absolute Gasteiger partial charge is 0.306 e. The summed E-state index contributed by atoms with van der Waals surface area (Å²) >= 11 is 0. The summed E-state index contributed by atoms with van der Waals surface area (Å²) in [4.78, 5) is 37.9. The van der Waals surface area contributed by atoms with E-state index < -0.39 is 6.10 Å². The third-order valence-electron chi connectivity index (χ3n) is 11.6.